The second-order valence-electron chi connectivity index (χ2n) is 10.4. The number of nitrogens with one attached hydrogen (secondary N) is 1. The van der Waals surface area contributed by atoms with E-state index in [-0.39, 0.29) is 42.7 Å². The summed E-state index contributed by atoms with van der Waals surface area (Å²) < 4.78 is 42.2. The molecule has 0 saturated heterocycles. The largest absolute Gasteiger partial charge is 0.492 e. The van der Waals surface area contributed by atoms with Crippen LogP contribution < -0.4 is 14.4 Å². The van der Waals surface area contributed by atoms with E-state index >= 15 is 0 Å². The number of aromatic nitrogens is 2. The molecule has 0 fully saturated rings. The molecule has 0 spiro atoms. The Morgan fingerprint density at radius 2 is 1.59 bits per heavy atom. The fraction of sp³-hybridized carbons (Fsp3) is 0.433. The van der Waals surface area contributed by atoms with Crippen molar-refractivity contribution in [1.82, 2.24) is 15.3 Å². The Morgan fingerprint density at radius 1 is 1.02 bits per heavy atom. The Kier molecular flexibility index (Phi) is 14.9. The third-order valence-corrected chi connectivity index (χ3v) is 7.52. The minimum absolute atomic E-state index is 0. The van der Waals surface area contributed by atoms with Gasteiger partial charge in [0.1, 0.15) is 11.1 Å². The molecule has 0 aliphatic rings. The van der Waals surface area contributed by atoms with E-state index in [0.29, 0.717) is 18.2 Å². The lowest BCUT2D eigenvalue weighted by atomic mass is 10.2. The highest BCUT2D eigenvalue weighted by molar-refractivity contribution is 7.92. The van der Waals surface area contributed by atoms with Crippen LogP contribution in [0.4, 0.5) is 10.6 Å². The molecule has 44 heavy (non-hydrogen) atoms. The summed E-state index contributed by atoms with van der Waals surface area (Å²) >= 11 is 0. The van der Waals surface area contributed by atoms with Crippen LogP contribution in [0.1, 0.15) is 56.7 Å². The highest BCUT2D eigenvalue weighted by Gasteiger charge is 2.27. The fourth-order valence-electron chi connectivity index (χ4n) is 3.58. The normalized spacial score (nSPS) is 10.6. The van der Waals surface area contributed by atoms with Crippen molar-refractivity contribution in [2.45, 2.75) is 53.1 Å². The minimum atomic E-state index is -3.80. The first-order valence-electron chi connectivity index (χ1n) is 13.5. The summed E-state index contributed by atoms with van der Waals surface area (Å²) in [5, 5.41) is 3.00. The van der Waals surface area contributed by atoms with Crippen LogP contribution in [-0.2, 0) is 29.1 Å². The van der Waals surface area contributed by atoms with E-state index < -0.39 is 27.7 Å². The van der Waals surface area contributed by atoms with Gasteiger partial charge in [-0.2, -0.15) is 9.59 Å². The van der Waals surface area contributed by atoms with Crippen molar-refractivity contribution in [1.29, 1.82) is 0 Å². The molecule has 0 bridgehead atoms. The molecule has 2 aromatic heterocycles. The van der Waals surface area contributed by atoms with Gasteiger partial charge in [0.05, 0.1) is 20.0 Å². The number of hydrogen-bond acceptors (Lipinski definition) is 11. The van der Waals surface area contributed by atoms with Crippen LogP contribution in [0.25, 0.3) is 10.9 Å². The minimum Gasteiger partial charge on any atom is -0.492 e. The van der Waals surface area contributed by atoms with Gasteiger partial charge in [0.25, 0.3) is 0 Å². The average Bonchev–Trinajstić information content (AvgIpc) is 2.96. The van der Waals surface area contributed by atoms with Gasteiger partial charge in [0.15, 0.2) is 17.3 Å². The van der Waals surface area contributed by atoms with E-state index in [1.54, 1.807) is 32.9 Å². The summed E-state index contributed by atoms with van der Waals surface area (Å²) in [5.74, 6) is -0.839. The number of aryl methyl sites for hydroxylation is 2. The van der Waals surface area contributed by atoms with E-state index in [9.17, 15) is 18.0 Å². The molecule has 1 N–H and O–H groups in total. The van der Waals surface area contributed by atoms with E-state index in [1.807, 2.05) is 0 Å². The molecule has 14 heteroatoms. The summed E-state index contributed by atoms with van der Waals surface area (Å²) in [6.45, 7) is 9.74. The fourth-order valence-corrected chi connectivity index (χ4v) is 4.83. The van der Waals surface area contributed by atoms with Gasteiger partial charge in [-0.25, -0.2) is 23.0 Å². The van der Waals surface area contributed by atoms with E-state index in [2.05, 4.69) is 53.4 Å². The molecule has 0 saturated carbocycles. The number of pyridine rings is 2. The number of alkyl carbamates (subject to hydrolysis) is 1. The monoisotopic (exact) mass is 634 g/mol. The quantitative estimate of drug-likeness (QED) is 0.260. The van der Waals surface area contributed by atoms with Crippen molar-refractivity contribution < 1.29 is 43.2 Å². The summed E-state index contributed by atoms with van der Waals surface area (Å²) in [5.41, 5.74) is 2.16. The van der Waals surface area contributed by atoms with Crippen molar-refractivity contribution in [2.24, 2.45) is 0 Å². The summed E-state index contributed by atoms with van der Waals surface area (Å²) in [4.78, 5) is 48.7. The maximum absolute atomic E-state index is 13.0. The van der Waals surface area contributed by atoms with Gasteiger partial charge in [-0.05, 0) is 59.6 Å². The highest BCUT2D eigenvalue weighted by atomic mass is 32.2. The van der Waals surface area contributed by atoms with Crippen LogP contribution in [0.2, 0.25) is 0 Å². The number of esters is 1. The van der Waals surface area contributed by atoms with Crippen LogP contribution in [0.5, 0.6) is 5.75 Å². The predicted molar refractivity (Wildman–Crippen MR) is 166 cm³/mol. The molecule has 0 aliphatic carbocycles. The Bertz CT molecular complexity index is 1520. The van der Waals surface area contributed by atoms with Crippen LogP contribution >= 0.6 is 0 Å². The van der Waals surface area contributed by atoms with Crippen molar-refractivity contribution >= 4 is 45.0 Å². The number of hydrogen-bond donors (Lipinski definition) is 1. The lowest BCUT2D eigenvalue weighted by Crippen LogP contribution is -2.33. The number of unbranched alkanes of at least 4 members (excludes halogenated alkanes) is 1. The first kappa shape index (κ1) is 37.5. The van der Waals surface area contributed by atoms with Crippen LogP contribution in [0.15, 0.2) is 42.6 Å². The first-order chi connectivity index (χ1) is 20.6. The third-order valence-electron chi connectivity index (χ3n) is 5.71. The van der Waals surface area contributed by atoms with Crippen molar-refractivity contribution in [3.05, 3.63) is 59.4 Å². The smallest absolute Gasteiger partial charge is 0.407 e. The van der Waals surface area contributed by atoms with Gasteiger partial charge in [0, 0.05) is 26.6 Å². The van der Waals surface area contributed by atoms with Crippen LogP contribution in [0, 0.1) is 13.8 Å². The predicted octanol–water partition coefficient (Wildman–Crippen LogP) is 4.46. The number of carbonyl (C=O) groups is 2. The Hall–Kier alpha value is -4.55. The molecular weight excluding hydrogens is 592 g/mol. The molecule has 0 radical (unpaired) electrons. The van der Waals surface area contributed by atoms with Crippen molar-refractivity contribution in [3.63, 3.8) is 0 Å². The van der Waals surface area contributed by atoms with E-state index in [1.165, 1.54) is 38.6 Å². The zero-order valence-electron chi connectivity index (χ0n) is 26.3. The third kappa shape index (κ3) is 12.0. The summed E-state index contributed by atoms with van der Waals surface area (Å²) in [6, 6.07) is 11.8. The number of benzene rings is 1. The maximum Gasteiger partial charge on any atom is 0.407 e. The van der Waals surface area contributed by atoms with Crippen LogP contribution in [0.3, 0.4) is 0 Å². The zero-order valence-corrected chi connectivity index (χ0v) is 27.1. The average molecular weight is 635 g/mol. The molecule has 2 heterocycles. The molecule has 0 unspecified atom stereocenters. The number of amides is 1. The Labute approximate surface area is 259 Å². The van der Waals surface area contributed by atoms with Gasteiger partial charge in [-0.3, -0.25) is 9.29 Å². The zero-order chi connectivity index (χ0) is 33.5. The Morgan fingerprint density at radius 3 is 2.09 bits per heavy atom. The summed E-state index contributed by atoms with van der Waals surface area (Å²) in [6.07, 6.45) is 1.91. The van der Waals surface area contributed by atoms with Crippen LogP contribution in [-0.4, -0.2) is 75.8 Å². The van der Waals surface area contributed by atoms with Gasteiger partial charge in [-0.15, -0.1) is 0 Å². The molecular formula is C30H42N4O9S. The van der Waals surface area contributed by atoms with Gasteiger partial charge < -0.3 is 19.5 Å². The number of rotatable bonds is 9. The maximum atomic E-state index is 13.0. The summed E-state index contributed by atoms with van der Waals surface area (Å²) in [7, 11) is 0.117. The number of carbonyl (C=O) groups excluding carboxylic acids is 4. The lowest BCUT2D eigenvalue weighted by Gasteiger charge is -2.22. The first-order valence-corrected chi connectivity index (χ1v) is 15.1. The molecule has 1 amide bonds. The van der Waals surface area contributed by atoms with Gasteiger partial charge in [0.2, 0.25) is 10.0 Å². The van der Waals surface area contributed by atoms with E-state index in [0.717, 1.165) is 4.31 Å². The number of anilines is 1. The number of methoxy groups -OCH3 is 2. The number of sulfonamides is 1. The second-order valence-corrected chi connectivity index (χ2v) is 12.5. The van der Waals surface area contributed by atoms with Gasteiger partial charge in [-0.1, -0.05) is 35.4 Å². The molecule has 242 valence electrons. The number of ether oxygens (including phenoxy) is 3. The number of nitrogens with zero attached hydrogens (tertiary/aromatic N) is 3. The molecule has 13 nitrogen and oxygen atoms in total. The standard InChI is InChI=1S/C21H30N4O7S.C8H10.CO2.H2/c1-21(2,3)32-20(27)23-11-7-8-13-33(28,29)25(4)18-14-10-9-12-22-15(14)17(30-5)16(24-18)19(26)31-6;1-7-3-5-8(2)6-4-7;2-1-3;/h9-10,12H,7-8,11,13H2,1-6H3,(H,23,27);3-6H,1-2H3;;1H. The topological polar surface area (TPSA) is 171 Å². The van der Waals surface area contributed by atoms with Crippen molar-refractivity contribution in [2.75, 3.05) is 37.9 Å². The molecule has 0 aliphatic heterocycles. The van der Waals surface area contributed by atoms with Gasteiger partial charge >= 0.3 is 18.2 Å². The SMILES string of the molecule is COC(=O)c1nc(N(C)S(=O)(=O)CCCCNC(=O)OC(C)(C)C)c2cccnc2c1OC.Cc1ccc(C)cc1.O=C=O.[HH]. The molecule has 1 aromatic carbocycles. The van der Waals surface area contributed by atoms with Crippen molar-refractivity contribution in [3.8, 4) is 5.75 Å². The second kappa shape index (κ2) is 17.5. The molecule has 3 aromatic rings. The highest BCUT2D eigenvalue weighted by Crippen LogP contribution is 2.34. The Balaban J connectivity index is 0.00000136. The molecule has 3 rings (SSSR count). The van der Waals surface area contributed by atoms with E-state index in [4.69, 9.17) is 23.8 Å². The lowest BCUT2D eigenvalue weighted by molar-refractivity contribution is -0.191. The number of fused-ring (bicyclic) bond motifs is 1. The molecule has 0 atom stereocenters.